The highest BCUT2D eigenvalue weighted by molar-refractivity contribution is 6.74. The number of hydrogen-bond donors (Lipinski definition) is 0. The van der Waals surface area contributed by atoms with Crippen molar-refractivity contribution in [3.63, 3.8) is 0 Å². The Morgan fingerprint density at radius 2 is 1.77 bits per heavy atom. The van der Waals surface area contributed by atoms with Crippen LogP contribution < -0.4 is 0 Å². The predicted molar refractivity (Wildman–Crippen MR) is 58.4 cm³/mol. The second kappa shape index (κ2) is 3.74. The minimum Gasteiger partial charge on any atom is -0.414 e. The van der Waals surface area contributed by atoms with Gasteiger partial charge >= 0.3 is 0 Å². The first-order chi connectivity index (χ1) is 6.21. The van der Waals surface area contributed by atoms with Crippen LogP contribution in [0.5, 0.6) is 0 Å². The lowest BCUT2D eigenvalue weighted by Gasteiger charge is -2.40. The molecule has 0 spiro atoms. The molecule has 2 unspecified atom stereocenters. The smallest absolute Gasteiger partial charge is 0.193 e. The van der Waals surface area contributed by atoms with Gasteiger partial charge in [-0.3, -0.25) is 0 Å². The van der Waals surface area contributed by atoms with E-state index in [1.165, 1.54) is 44.6 Å². The Balaban J connectivity index is 2.00. The summed E-state index contributed by atoms with van der Waals surface area (Å²) < 4.78 is 6.30. The van der Waals surface area contributed by atoms with Crippen LogP contribution in [0, 0.1) is 0 Å². The van der Waals surface area contributed by atoms with Crippen LogP contribution in [0.25, 0.3) is 0 Å². The van der Waals surface area contributed by atoms with Gasteiger partial charge in [0.05, 0.1) is 0 Å². The fraction of sp³-hybridized carbons (Fsp3) is 1.00. The average Bonchev–Trinajstić information content (AvgIpc) is 2.55. The molecule has 0 aromatic rings. The second-order valence-electron chi connectivity index (χ2n) is 5.11. The maximum Gasteiger partial charge on any atom is 0.193 e. The van der Waals surface area contributed by atoms with Crippen molar-refractivity contribution >= 4 is 8.32 Å². The molecule has 0 N–H and O–H groups in total. The molecule has 0 radical (unpaired) electrons. The summed E-state index contributed by atoms with van der Waals surface area (Å²) in [6.07, 6.45) is 9.15. The molecular weight excluding hydrogens is 176 g/mol. The molecule has 2 heteroatoms. The summed E-state index contributed by atoms with van der Waals surface area (Å²) in [7, 11) is -1.27. The lowest BCUT2D eigenvalue weighted by molar-refractivity contribution is 0.170. The van der Waals surface area contributed by atoms with Gasteiger partial charge in [-0.05, 0) is 31.5 Å². The van der Waals surface area contributed by atoms with Crippen LogP contribution in [0.3, 0.4) is 0 Å². The molecule has 0 bridgehead atoms. The number of hydrogen-bond acceptors (Lipinski definition) is 1. The van der Waals surface area contributed by atoms with Crippen LogP contribution in [-0.2, 0) is 4.43 Å². The molecule has 1 saturated heterocycles. The first-order valence-corrected chi connectivity index (χ1v) is 8.58. The summed E-state index contributed by atoms with van der Waals surface area (Å²) in [5.41, 5.74) is 0.996. The van der Waals surface area contributed by atoms with E-state index >= 15 is 0 Å². The first kappa shape index (κ1) is 9.72. The van der Waals surface area contributed by atoms with Crippen molar-refractivity contribution < 1.29 is 4.43 Å². The van der Waals surface area contributed by atoms with Crippen LogP contribution in [0.2, 0.25) is 18.1 Å². The molecule has 1 nitrogen and oxygen atoms in total. The summed E-state index contributed by atoms with van der Waals surface area (Å²) in [6, 6.07) is 1.43. The van der Waals surface area contributed by atoms with Crippen molar-refractivity contribution in [2.45, 2.75) is 69.7 Å². The average molecular weight is 198 g/mol. The highest BCUT2D eigenvalue weighted by Crippen LogP contribution is 2.44. The van der Waals surface area contributed by atoms with Crippen molar-refractivity contribution in [1.29, 1.82) is 0 Å². The molecule has 0 aromatic carbocycles. The molecule has 2 rings (SSSR count). The van der Waals surface area contributed by atoms with Gasteiger partial charge in [0.1, 0.15) is 0 Å². The van der Waals surface area contributed by atoms with Crippen LogP contribution in [-0.4, -0.2) is 14.4 Å². The van der Waals surface area contributed by atoms with Crippen molar-refractivity contribution in [1.82, 2.24) is 0 Å². The zero-order chi connectivity index (χ0) is 9.31. The molecule has 0 aromatic heterocycles. The van der Waals surface area contributed by atoms with E-state index in [9.17, 15) is 0 Å². The highest BCUT2D eigenvalue weighted by Gasteiger charge is 2.42. The van der Waals surface area contributed by atoms with Gasteiger partial charge in [0.25, 0.3) is 0 Å². The molecule has 0 amide bonds. The van der Waals surface area contributed by atoms with Gasteiger partial charge in [-0.15, -0.1) is 0 Å². The van der Waals surface area contributed by atoms with E-state index in [0.29, 0.717) is 6.10 Å². The summed E-state index contributed by atoms with van der Waals surface area (Å²) in [5, 5.41) is 0. The monoisotopic (exact) mass is 198 g/mol. The molecular formula is C11H22OSi. The van der Waals surface area contributed by atoms with Crippen LogP contribution in [0.4, 0.5) is 0 Å². The Morgan fingerprint density at radius 1 is 1.08 bits per heavy atom. The third-order valence-electron chi connectivity index (χ3n) is 3.97. The van der Waals surface area contributed by atoms with Gasteiger partial charge in [0.15, 0.2) is 8.32 Å². The van der Waals surface area contributed by atoms with Gasteiger partial charge in [-0.1, -0.05) is 32.1 Å². The van der Waals surface area contributed by atoms with E-state index in [0.717, 1.165) is 5.54 Å². The van der Waals surface area contributed by atoms with E-state index in [-0.39, 0.29) is 0 Å². The fourth-order valence-corrected chi connectivity index (χ4v) is 7.45. The lowest BCUT2D eigenvalue weighted by atomic mass is 10.2. The third-order valence-corrected chi connectivity index (χ3v) is 8.56. The van der Waals surface area contributed by atoms with E-state index in [4.69, 9.17) is 4.43 Å². The van der Waals surface area contributed by atoms with E-state index in [1.54, 1.807) is 0 Å². The molecule has 1 heterocycles. The zero-order valence-electron chi connectivity index (χ0n) is 9.01. The molecule has 2 fully saturated rings. The minimum atomic E-state index is -1.27. The summed E-state index contributed by atoms with van der Waals surface area (Å²) in [6.45, 7) is 4.75. The summed E-state index contributed by atoms with van der Waals surface area (Å²) >= 11 is 0. The van der Waals surface area contributed by atoms with Gasteiger partial charge in [-0.2, -0.15) is 0 Å². The maximum absolute atomic E-state index is 6.30. The molecule has 76 valence electrons. The normalized spacial score (nSPS) is 42.5. The first-order valence-electron chi connectivity index (χ1n) is 5.88. The second-order valence-corrected chi connectivity index (χ2v) is 9.29. The molecule has 2 atom stereocenters. The van der Waals surface area contributed by atoms with Gasteiger partial charge in [0.2, 0.25) is 0 Å². The summed E-state index contributed by atoms with van der Waals surface area (Å²) in [4.78, 5) is 0. The van der Waals surface area contributed by atoms with Gasteiger partial charge in [0, 0.05) is 6.10 Å². The van der Waals surface area contributed by atoms with Gasteiger partial charge in [-0.25, -0.2) is 0 Å². The van der Waals surface area contributed by atoms with Crippen LogP contribution >= 0.6 is 0 Å². The van der Waals surface area contributed by atoms with E-state index in [2.05, 4.69) is 13.5 Å². The Labute approximate surface area is 83.0 Å². The molecule has 13 heavy (non-hydrogen) atoms. The van der Waals surface area contributed by atoms with Crippen molar-refractivity contribution in [2.24, 2.45) is 0 Å². The van der Waals surface area contributed by atoms with Crippen molar-refractivity contribution in [3.8, 4) is 0 Å². The van der Waals surface area contributed by atoms with E-state index in [1.807, 2.05) is 0 Å². The summed E-state index contributed by atoms with van der Waals surface area (Å²) in [5.74, 6) is 0. The Kier molecular flexibility index (Phi) is 2.79. The lowest BCUT2D eigenvalue weighted by Crippen LogP contribution is -2.44. The third kappa shape index (κ3) is 1.99. The largest absolute Gasteiger partial charge is 0.414 e. The molecule has 1 saturated carbocycles. The van der Waals surface area contributed by atoms with Crippen molar-refractivity contribution in [2.75, 3.05) is 0 Å². The Hall–Kier alpha value is 0.177. The van der Waals surface area contributed by atoms with Gasteiger partial charge < -0.3 is 4.43 Å². The molecule has 1 aliphatic carbocycles. The zero-order valence-corrected chi connectivity index (χ0v) is 10.0. The van der Waals surface area contributed by atoms with Crippen molar-refractivity contribution in [3.05, 3.63) is 0 Å². The van der Waals surface area contributed by atoms with E-state index < -0.39 is 8.32 Å². The predicted octanol–water partition coefficient (Wildman–Crippen LogP) is 3.70. The van der Waals surface area contributed by atoms with Crippen LogP contribution in [0.15, 0.2) is 0 Å². The fourth-order valence-electron chi connectivity index (χ4n) is 3.15. The Morgan fingerprint density at radius 3 is 2.38 bits per heavy atom. The SMILES string of the molecule is CC1CCC[Si](C)(C2CCCC2)O1. The topological polar surface area (TPSA) is 9.23 Å². The molecule has 1 aliphatic heterocycles. The molecule has 2 aliphatic rings. The minimum absolute atomic E-state index is 0.561. The van der Waals surface area contributed by atoms with Crippen LogP contribution in [0.1, 0.15) is 45.4 Å². The maximum atomic E-state index is 6.30. The highest BCUT2D eigenvalue weighted by atomic mass is 28.4. The Bertz CT molecular complexity index is 177. The number of rotatable bonds is 1. The quantitative estimate of drug-likeness (QED) is 0.584. The standard InChI is InChI=1S/C11H22OSi/c1-10-6-5-9-13(2,12-10)11-7-3-4-8-11/h10-11H,3-9H2,1-2H3.